The van der Waals surface area contributed by atoms with E-state index in [4.69, 9.17) is 15.2 Å². The van der Waals surface area contributed by atoms with Crippen LogP contribution >= 0.6 is 0 Å². The Morgan fingerprint density at radius 1 is 1.44 bits per heavy atom. The molecule has 1 aromatic rings. The largest absolute Gasteiger partial charge is 0.497 e. The highest BCUT2D eigenvalue weighted by Gasteiger charge is 2.07. The molecule has 0 aliphatic carbocycles. The van der Waals surface area contributed by atoms with Crippen LogP contribution in [0.25, 0.3) is 0 Å². The summed E-state index contributed by atoms with van der Waals surface area (Å²) < 4.78 is 10.5. The van der Waals surface area contributed by atoms with E-state index in [9.17, 15) is 4.79 Å². The predicted molar refractivity (Wildman–Crippen MR) is 69.7 cm³/mol. The molecule has 1 aromatic carbocycles. The van der Waals surface area contributed by atoms with Crippen molar-refractivity contribution in [2.45, 2.75) is 19.9 Å². The van der Waals surface area contributed by atoms with E-state index in [1.54, 1.807) is 25.3 Å². The summed E-state index contributed by atoms with van der Waals surface area (Å²) in [6.07, 6.45) is 0.905. The lowest BCUT2D eigenvalue weighted by Crippen LogP contribution is -2.29. The van der Waals surface area contributed by atoms with Crippen LogP contribution in [-0.4, -0.2) is 26.2 Å². The summed E-state index contributed by atoms with van der Waals surface area (Å²) >= 11 is 0. The van der Waals surface area contributed by atoms with Gasteiger partial charge in [0.05, 0.1) is 7.11 Å². The van der Waals surface area contributed by atoms with E-state index in [-0.39, 0.29) is 12.5 Å². The molecule has 0 aliphatic heterocycles. The van der Waals surface area contributed by atoms with Gasteiger partial charge in [0.1, 0.15) is 11.5 Å². The van der Waals surface area contributed by atoms with Gasteiger partial charge in [-0.1, -0.05) is 6.92 Å². The van der Waals surface area contributed by atoms with Crippen molar-refractivity contribution in [2.75, 3.05) is 20.3 Å². The zero-order chi connectivity index (χ0) is 13.4. The van der Waals surface area contributed by atoms with Gasteiger partial charge in [-0.15, -0.1) is 0 Å². The van der Waals surface area contributed by atoms with Gasteiger partial charge in [-0.3, -0.25) is 4.79 Å². The van der Waals surface area contributed by atoms with Crippen LogP contribution in [-0.2, 0) is 11.3 Å². The van der Waals surface area contributed by atoms with Crippen LogP contribution in [0.4, 0.5) is 0 Å². The minimum Gasteiger partial charge on any atom is -0.497 e. The summed E-state index contributed by atoms with van der Waals surface area (Å²) in [6, 6.07) is 5.34. The van der Waals surface area contributed by atoms with E-state index in [0.29, 0.717) is 18.8 Å². The fourth-order valence-corrected chi connectivity index (χ4v) is 1.44. The van der Waals surface area contributed by atoms with Crippen LogP contribution in [0.2, 0.25) is 0 Å². The SMILES string of the molecule is CCCNC(=O)COc1ccc(OC)cc1CN. The van der Waals surface area contributed by atoms with Crippen molar-refractivity contribution in [2.24, 2.45) is 5.73 Å². The number of hydrogen-bond donors (Lipinski definition) is 2. The first-order chi connectivity index (χ1) is 8.71. The summed E-state index contributed by atoms with van der Waals surface area (Å²) in [7, 11) is 1.59. The van der Waals surface area contributed by atoms with Gasteiger partial charge in [0, 0.05) is 18.7 Å². The van der Waals surface area contributed by atoms with Gasteiger partial charge in [0.25, 0.3) is 5.91 Å². The van der Waals surface area contributed by atoms with E-state index < -0.39 is 0 Å². The maximum Gasteiger partial charge on any atom is 0.257 e. The van der Waals surface area contributed by atoms with Crippen LogP contribution in [0.5, 0.6) is 11.5 Å². The molecule has 0 aliphatic rings. The number of ether oxygens (including phenoxy) is 2. The van der Waals surface area contributed by atoms with E-state index >= 15 is 0 Å². The maximum atomic E-state index is 11.4. The number of methoxy groups -OCH3 is 1. The first kappa shape index (κ1) is 14.3. The molecule has 0 radical (unpaired) electrons. The average molecular weight is 252 g/mol. The number of amides is 1. The van der Waals surface area contributed by atoms with Crippen molar-refractivity contribution in [3.63, 3.8) is 0 Å². The highest BCUT2D eigenvalue weighted by Crippen LogP contribution is 2.23. The molecule has 0 atom stereocenters. The van der Waals surface area contributed by atoms with Gasteiger partial charge in [0.15, 0.2) is 6.61 Å². The van der Waals surface area contributed by atoms with Crippen molar-refractivity contribution in [1.82, 2.24) is 5.32 Å². The Balaban J connectivity index is 2.58. The fraction of sp³-hybridized carbons (Fsp3) is 0.462. The summed E-state index contributed by atoms with van der Waals surface area (Å²) in [5.74, 6) is 1.21. The van der Waals surface area contributed by atoms with E-state index in [1.165, 1.54) is 0 Å². The Morgan fingerprint density at radius 3 is 2.83 bits per heavy atom. The minimum atomic E-state index is -0.129. The maximum absolute atomic E-state index is 11.4. The first-order valence-electron chi connectivity index (χ1n) is 5.97. The molecular weight excluding hydrogens is 232 g/mol. The van der Waals surface area contributed by atoms with Crippen molar-refractivity contribution >= 4 is 5.91 Å². The second-order valence-electron chi connectivity index (χ2n) is 3.82. The molecule has 1 rings (SSSR count). The van der Waals surface area contributed by atoms with Gasteiger partial charge in [-0.25, -0.2) is 0 Å². The summed E-state index contributed by atoms with van der Waals surface area (Å²) in [6.45, 7) is 2.99. The van der Waals surface area contributed by atoms with E-state index in [1.807, 2.05) is 6.92 Å². The molecule has 5 heteroatoms. The summed E-state index contributed by atoms with van der Waals surface area (Å²) in [5.41, 5.74) is 6.44. The van der Waals surface area contributed by atoms with E-state index in [2.05, 4.69) is 5.32 Å². The molecule has 100 valence electrons. The third-order valence-corrected chi connectivity index (χ3v) is 2.42. The Labute approximate surface area is 107 Å². The fourth-order valence-electron chi connectivity index (χ4n) is 1.44. The molecule has 0 fully saturated rings. The normalized spacial score (nSPS) is 9.94. The molecule has 0 spiro atoms. The number of benzene rings is 1. The third-order valence-electron chi connectivity index (χ3n) is 2.42. The molecular formula is C13H20N2O3. The van der Waals surface area contributed by atoms with Crippen molar-refractivity contribution < 1.29 is 14.3 Å². The Bertz CT molecular complexity index is 394. The molecule has 1 amide bonds. The third kappa shape index (κ3) is 4.25. The number of nitrogens with two attached hydrogens (primary N) is 1. The molecule has 18 heavy (non-hydrogen) atoms. The minimum absolute atomic E-state index is 0.000666. The van der Waals surface area contributed by atoms with Crippen LogP contribution in [0.15, 0.2) is 18.2 Å². The van der Waals surface area contributed by atoms with E-state index in [0.717, 1.165) is 17.7 Å². The zero-order valence-electron chi connectivity index (χ0n) is 10.9. The van der Waals surface area contributed by atoms with Crippen LogP contribution < -0.4 is 20.5 Å². The van der Waals surface area contributed by atoms with Crippen LogP contribution in [0, 0.1) is 0 Å². The number of carbonyl (C=O) groups is 1. The second kappa shape index (κ2) is 7.55. The van der Waals surface area contributed by atoms with Crippen molar-refractivity contribution in [3.8, 4) is 11.5 Å². The lowest BCUT2D eigenvalue weighted by molar-refractivity contribution is -0.123. The van der Waals surface area contributed by atoms with Gasteiger partial charge in [-0.05, 0) is 24.6 Å². The Kier molecular flexibility index (Phi) is 6.00. The molecule has 5 nitrogen and oxygen atoms in total. The Morgan fingerprint density at radius 2 is 2.22 bits per heavy atom. The molecule has 0 bridgehead atoms. The number of hydrogen-bond acceptors (Lipinski definition) is 4. The molecule has 0 saturated heterocycles. The topological polar surface area (TPSA) is 73.6 Å². The summed E-state index contributed by atoms with van der Waals surface area (Å²) in [4.78, 5) is 11.4. The number of nitrogens with one attached hydrogen (secondary N) is 1. The average Bonchev–Trinajstić information content (AvgIpc) is 2.42. The van der Waals surface area contributed by atoms with Gasteiger partial charge >= 0.3 is 0 Å². The quantitative estimate of drug-likeness (QED) is 0.761. The highest BCUT2D eigenvalue weighted by molar-refractivity contribution is 5.77. The van der Waals surface area contributed by atoms with Crippen LogP contribution in [0.1, 0.15) is 18.9 Å². The highest BCUT2D eigenvalue weighted by atomic mass is 16.5. The van der Waals surface area contributed by atoms with Crippen LogP contribution in [0.3, 0.4) is 0 Å². The van der Waals surface area contributed by atoms with Crippen molar-refractivity contribution in [3.05, 3.63) is 23.8 Å². The zero-order valence-corrected chi connectivity index (χ0v) is 10.9. The second-order valence-corrected chi connectivity index (χ2v) is 3.82. The first-order valence-corrected chi connectivity index (χ1v) is 5.97. The lowest BCUT2D eigenvalue weighted by atomic mass is 10.2. The predicted octanol–water partition coefficient (Wildman–Crippen LogP) is 1.06. The van der Waals surface area contributed by atoms with Gasteiger partial charge < -0.3 is 20.5 Å². The standard InChI is InChI=1S/C13H20N2O3/c1-3-6-15-13(16)9-18-12-5-4-11(17-2)7-10(12)8-14/h4-5,7H,3,6,8-9,14H2,1-2H3,(H,15,16). The molecule has 0 aromatic heterocycles. The summed E-state index contributed by atoms with van der Waals surface area (Å²) in [5, 5.41) is 2.74. The molecule has 0 heterocycles. The molecule has 0 unspecified atom stereocenters. The monoisotopic (exact) mass is 252 g/mol. The number of carbonyl (C=O) groups excluding carboxylic acids is 1. The molecule has 0 saturated carbocycles. The number of rotatable bonds is 7. The Hall–Kier alpha value is -1.75. The van der Waals surface area contributed by atoms with Gasteiger partial charge in [0.2, 0.25) is 0 Å². The smallest absolute Gasteiger partial charge is 0.257 e. The van der Waals surface area contributed by atoms with Gasteiger partial charge in [-0.2, -0.15) is 0 Å². The molecule has 3 N–H and O–H groups in total. The van der Waals surface area contributed by atoms with Crippen molar-refractivity contribution in [1.29, 1.82) is 0 Å². The lowest BCUT2D eigenvalue weighted by Gasteiger charge is -2.11.